The molecule has 9 nitrogen and oxygen atoms in total. The Balaban J connectivity index is 0.000000190. The summed E-state index contributed by atoms with van der Waals surface area (Å²) in [6.07, 6.45) is -0.770. The number of halogens is 3. The van der Waals surface area contributed by atoms with Gasteiger partial charge in [-0.25, -0.2) is 29.9 Å². The minimum absolute atomic E-state index is 0.0196. The molecule has 0 aliphatic rings. The van der Waals surface area contributed by atoms with Crippen molar-refractivity contribution in [3.63, 3.8) is 0 Å². The van der Waals surface area contributed by atoms with Crippen LogP contribution in [-0.2, 0) is 27.8 Å². The Labute approximate surface area is 584 Å². The first-order valence-electron chi connectivity index (χ1n) is 33.5. The molecule has 0 saturated heterocycles. The lowest BCUT2D eigenvalue weighted by Gasteiger charge is -2.19. The molecule has 0 bridgehead atoms. The van der Waals surface area contributed by atoms with Crippen molar-refractivity contribution in [2.24, 2.45) is 0 Å². The normalized spacial score (nSPS) is 12.0. The van der Waals surface area contributed by atoms with Crippen molar-refractivity contribution in [3.05, 3.63) is 300 Å². The molecule has 498 valence electrons. The number of alkyl halides is 3. The predicted molar refractivity (Wildman–Crippen MR) is 399 cm³/mol. The fourth-order valence-electron chi connectivity index (χ4n) is 11.5. The molecular weight excluding hydrogens is 1240 g/mol. The number of pyridine rings is 2. The van der Waals surface area contributed by atoms with Crippen LogP contribution in [0.1, 0.15) is 127 Å². The summed E-state index contributed by atoms with van der Waals surface area (Å²) in [5.41, 5.74) is 18.2. The van der Waals surface area contributed by atoms with Crippen molar-refractivity contribution in [1.29, 1.82) is 0 Å². The van der Waals surface area contributed by atoms with Gasteiger partial charge in [0.05, 0.1) is 17.0 Å². The highest BCUT2D eigenvalue weighted by Gasteiger charge is 2.30. The van der Waals surface area contributed by atoms with E-state index in [1.165, 1.54) is 34.4 Å². The average Bonchev–Trinajstić information content (AvgIpc) is 0.797. The molecule has 0 atom stereocenters. The maximum absolute atomic E-state index is 13.0. The second-order valence-electron chi connectivity index (χ2n) is 29.3. The van der Waals surface area contributed by atoms with Crippen LogP contribution < -0.4 is 0 Å². The van der Waals surface area contributed by atoms with Crippen LogP contribution in [0.5, 0.6) is 0 Å². The number of nitrogens with zero attached hydrogens (tertiary/aromatic N) is 8. The van der Waals surface area contributed by atoms with Gasteiger partial charge in [0.15, 0.2) is 40.7 Å². The maximum atomic E-state index is 13.0. The highest BCUT2D eigenvalue weighted by atomic mass is 19.4. The third-order valence-electron chi connectivity index (χ3n) is 17.8. The van der Waals surface area contributed by atoms with Crippen molar-refractivity contribution in [2.75, 3.05) is 0 Å². The van der Waals surface area contributed by atoms with E-state index in [1.807, 2.05) is 109 Å². The molecule has 9 aromatic carbocycles. The van der Waals surface area contributed by atoms with Crippen LogP contribution >= 0.6 is 0 Å². The zero-order valence-corrected chi connectivity index (χ0v) is 58.4. The van der Waals surface area contributed by atoms with Crippen LogP contribution in [0.15, 0.2) is 261 Å². The van der Waals surface area contributed by atoms with E-state index in [2.05, 4.69) is 204 Å². The van der Waals surface area contributed by atoms with Gasteiger partial charge >= 0.3 is 6.18 Å². The second kappa shape index (κ2) is 27.9. The van der Waals surface area contributed by atoms with Crippen LogP contribution in [0, 0.1) is 0 Å². The molecule has 4 aromatic heterocycles. The van der Waals surface area contributed by atoms with E-state index in [-0.39, 0.29) is 27.4 Å². The van der Waals surface area contributed by atoms with Crippen molar-refractivity contribution in [1.82, 2.24) is 39.9 Å². The predicted octanol–water partition coefficient (Wildman–Crippen LogP) is 22.6. The first-order chi connectivity index (χ1) is 47.6. The van der Waals surface area contributed by atoms with E-state index < -0.39 is 11.7 Å². The molecule has 13 aromatic rings. The molecule has 0 spiro atoms. The minimum Gasteiger partial charge on any atom is -0.289 e. The summed E-state index contributed by atoms with van der Waals surface area (Å²) in [6, 6.07) is 79.8. The molecule has 100 heavy (non-hydrogen) atoms. The van der Waals surface area contributed by atoms with Crippen LogP contribution in [-0.4, -0.2) is 45.7 Å². The number of aromatic nitrogens is 8. The lowest BCUT2D eigenvalue weighted by molar-refractivity contribution is -0.137. The molecule has 0 radical (unpaired) electrons. The van der Waals surface area contributed by atoms with Gasteiger partial charge in [-0.05, 0) is 103 Å². The second-order valence-corrected chi connectivity index (χ2v) is 29.3. The fourth-order valence-corrected chi connectivity index (χ4v) is 11.5. The Morgan fingerprint density at radius 1 is 0.240 bits per heavy atom. The van der Waals surface area contributed by atoms with Crippen LogP contribution in [0.3, 0.4) is 0 Å². The summed E-state index contributed by atoms with van der Waals surface area (Å²) in [4.78, 5) is 51.9. The van der Waals surface area contributed by atoms with Gasteiger partial charge in [-0.15, -0.1) is 0 Å². The van der Waals surface area contributed by atoms with Crippen molar-refractivity contribution in [3.8, 4) is 113 Å². The number of rotatable bonds is 12. The van der Waals surface area contributed by atoms with Gasteiger partial charge in [0.25, 0.3) is 0 Å². The molecule has 0 aliphatic heterocycles. The summed E-state index contributed by atoms with van der Waals surface area (Å²) in [7, 11) is 0. The molecule has 0 saturated carbocycles. The van der Waals surface area contributed by atoms with Gasteiger partial charge in [0, 0.05) is 68.0 Å². The molecule has 0 N–H and O–H groups in total. The molecule has 0 amide bonds. The SMILES string of the molecule is CC(C)(C)c1ccc(-c2nc(-c3ccc(C(C)(C)C)cc3)nc(-c3ccc(-c4ccc(-c5ccc(C(=O)c6ccccc6)cc5)cc4)nc3)n2)cc1.CC(C)(C)c1ccc(-c2nc(-c3ccc(C(C)(C)C)cc3)nc(-c3ccc(-c4ccc(-c5ccc(C(F)(F)F)cc5)cc4)nc3)n2)cc1. The number of hydrogen-bond acceptors (Lipinski definition) is 9. The Kier molecular flexibility index (Phi) is 19.2. The molecule has 13 rings (SSSR count). The van der Waals surface area contributed by atoms with Gasteiger partial charge in [-0.1, -0.05) is 295 Å². The third-order valence-corrected chi connectivity index (χ3v) is 17.8. The summed E-state index contributed by atoms with van der Waals surface area (Å²) in [5.74, 6) is 3.52. The summed E-state index contributed by atoms with van der Waals surface area (Å²) >= 11 is 0. The lowest BCUT2D eigenvalue weighted by Crippen LogP contribution is -2.11. The average molecular weight is 1320 g/mol. The zero-order chi connectivity index (χ0) is 70.7. The lowest BCUT2D eigenvalue weighted by atomic mass is 9.86. The molecule has 12 heteroatoms. The highest BCUT2D eigenvalue weighted by Crippen LogP contribution is 2.36. The molecular formula is C88H79F3N8O. The van der Waals surface area contributed by atoms with Crippen molar-refractivity contribution in [2.45, 2.75) is 111 Å². The summed E-state index contributed by atoms with van der Waals surface area (Å²) < 4.78 is 38.9. The Morgan fingerprint density at radius 2 is 0.460 bits per heavy atom. The quantitative estimate of drug-likeness (QED) is 0.110. The molecule has 0 unspecified atom stereocenters. The monoisotopic (exact) mass is 1320 g/mol. The van der Waals surface area contributed by atoms with E-state index in [0.29, 0.717) is 51.6 Å². The van der Waals surface area contributed by atoms with Gasteiger partial charge in [-0.2, -0.15) is 13.2 Å². The zero-order valence-electron chi connectivity index (χ0n) is 58.4. The number of benzene rings is 9. The number of carbonyl (C=O) groups is 1. The first-order valence-corrected chi connectivity index (χ1v) is 33.5. The van der Waals surface area contributed by atoms with Gasteiger partial charge in [0.2, 0.25) is 0 Å². The fraction of sp³-hybridized carbons (Fsp3) is 0.193. The van der Waals surface area contributed by atoms with E-state index in [9.17, 15) is 18.0 Å². The number of hydrogen-bond donors (Lipinski definition) is 0. The largest absolute Gasteiger partial charge is 0.416 e. The maximum Gasteiger partial charge on any atom is 0.416 e. The minimum atomic E-state index is -4.36. The van der Waals surface area contributed by atoms with Crippen molar-refractivity contribution < 1.29 is 18.0 Å². The first kappa shape index (κ1) is 68.7. The molecule has 0 fully saturated rings. The van der Waals surface area contributed by atoms with Crippen LogP contribution in [0.25, 0.3) is 113 Å². The highest BCUT2D eigenvalue weighted by molar-refractivity contribution is 6.09. The Morgan fingerprint density at radius 3 is 0.720 bits per heavy atom. The van der Waals surface area contributed by atoms with E-state index in [0.717, 1.165) is 84.7 Å². The van der Waals surface area contributed by atoms with Crippen LogP contribution in [0.4, 0.5) is 13.2 Å². The Bertz CT molecular complexity index is 4830. The van der Waals surface area contributed by atoms with E-state index >= 15 is 0 Å². The molecule has 0 aliphatic carbocycles. The number of ketones is 1. The smallest absolute Gasteiger partial charge is 0.289 e. The van der Waals surface area contributed by atoms with E-state index in [1.54, 1.807) is 6.20 Å². The topological polar surface area (TPSA) is 120 Å². The third kappa shape index (κ3) is 16.2. The van der Waals surface area contributed by atoms with Gasteiger partial charge < -0.3 is 0 Å². The van der Waals surface area contributed by atoms with Crippen molar-refractivity contribution >= 4 is 5.78 Å². The summed E-state index contributed by atoms with van der Waals surface area (Å²) in [6.45, 7) is 26.4. The standard InChI is InChI=1S/C47H42N4O.C41H37F3N4/c1-46(2,3)39-25-20-36(21-26-39)43-49-44(37-22-27-40(28-23-37)47(4,5)6)51-45(50-43)38-24-29-41(48-30-38)33-16-12-31(13-17-33)32-14-18-35(19-15-32)42(52)34-10-8-7-9-11-34;1-39(2,3)32-18-13-29(14-19-32)36-46-37(30-15-20-33(21-16-30)40(4,5)6)48-38(47-36)31-17-24-35(45-25-31)28-9-7-26(8-10-28)27-11-22-34(23-12-27)41(42,43)44/h7-30H,1-6H3;7-25H,1-6H3. The van der Waals surface area contributed by atoms with Gasteiger partial charge in [0.1, 0.15) is 0 Å². The van der Waals surface area contributed by atoms with Crippen LogP contribution in [0.2, 0.25) is 0 Å². The Hall–Kier alpha value is -11.2. The van der Waals surface area contributed by atoms with E-state index in [4.69, 9.17) is 39.9 Å². The van der Waals surface area contributed by atoms with Gasteiger partial charge in [-0.3, -0.25) is 14.8 Å². The molecule has 4 heterocycles. The number of carbonyl (C=O) groups excluding carboxylic acids is 1. The summed E-state index contributed by atoms with van der Waals surface area (Å²) in [5, 5.41) is 0.